The summed E-state index contributed by atoms with van der Waals surface area (Å²) >= 11 is 0. The normalized spacial score (nSPS) is 17.8. The van der Waals surface area contributed by atoms with Gasteiger partial charge in [0.15, 0.2) is 0 Å². The Bertz CT molecular complexity index is 522. The molecule has 0 unspecified atom stereocenters. The van der Waals surface area contributed by atoms with Gasteiger partial charge in [-0.3, -0.25) is 0 Å². The quantitative estimate of drug-likeness (QED) is 0.915. The predicted octanol–water partition coefficient (Wildman–Crippen LogP) is 1.76. The number of nitrogens with one attached hydrogen (secondary N) is 1. The van der Waals surface area contributed by atoms with E-state index in [2.05, 4.69) is 5.32 Å². The fourth-order valence-electron chi connectivity index (χ4n) is 2.63. The minimum Gasteiger partial charge on any atom is -0.317 e. The molecule has 0 aliphatic carbocycles. The molecule has 0 bridgehead atoms. The van der Waals surface area contributed by atoms with Gasteiger partial charge in [0, 0.05) is 12.6 Å². The van der Waals surface area contributed by atoms with E-state index < -0.39 is 10.0 Å². The molecule has 0 atom stereocenters. The van der Waals surface area contributed by atoms with Crippen molar-refractivity contribution < 1.29 is 8.42 Å². The molecule has 1 N–H and O–H groups in total. The molecular weight excluding hydrogens is 260 g/mol. The van der Waals surface area contributed by atoms with Gasteiger partial charge in [-0.2, -0.15) is 4.31 Å². The minimum absolute atomic E-state index is 0.122. The molecule has 1 fully saturated rings. The number of rotatable bonds is 4. The van der Waals surface area contributed by atoms with Crippen molar-refractivity contribution in [2.45, 2.75) is 37.6 Å². The third kappa shape index (κ3) is 3.16. The number of hydrogen-bond acceptors (Lipinski definition) is 3. The maximum absolute atomic E-state index is 12.7. The zero-order valence-corrected chi connectivity index (χ0v) is 12.4. The van der Waals surface area contributed by atoms with Crippen LogP contribution in [0.4, 0.5) is 0 Å². The second-order valence-electron chi connectivity index (χ2n) is 5.01. The molecule has 1 saturated heterocycles. The third-order valence-electron chi connectivity index (χ3n) is 3.62. The highest BCUT2D eigenvalue weighted by atomic mass is 32.2. The number of nitrogens with zero attached hydrogens (tertiary/aromatic N) is 1. The van der Waals surface area contributed by atoms with Crippen LogP contribution >= 0.6 is 0 Å². The van der Waals surface area contributed by atoms with E-state index in [-0.39, 0.29) is 6.04 Å². The van der Waals surface area contributed by atoms with Crippen molar-refractivity contribution in [2.24, 2.45) is 0 Å². The van der Waals surface area contributed by atoms with Gasteiger partial charge in [0.05, 0.1) is 4.90 Å². The van der Waals surface area contributed by atoms with Crippen molar-refractivity contribution in [3.63, 3.8) is 0 Å². The van der Waals surface area contributed by atoms with E-state index >= 15 is 0 Å². The second kappa shape index (κ2) is 6.03. The first kappa shape index (κ1) is 14.5. The first-order valence-electron chi connectivity index (χ1n) is 6.85. The lowest BCUT2D eigenvalue weighted by atomic mass is 10.1. The van der Waals surface area contributed by atoms with Crippen LogP contribution in [0, 0.1) is 6.92 Å². The van der Waals surface area contributed by atoms with Crippen LogP contribution in [0.5, 0.6) is 0 Å². The molecule has 1 aromatic carbocycles. The van der Waals surface area contributed by atoms with Gasteiger partial charge in [0.2, 0.25) is 10.0 Å². The zero-order chi connectivity index (χ0) is 13.9. The van der Waals surface area contributed by atoms with E-state index in [9.17, 15) is 8.42 Å². The molecule has 0 aromatic heterocycles. The van der Waals surface area contributed by atoms with Gasteiger partial charge in [0.1, 0.15) is 0 Å². The van der Waals surface area contributed by atoms with E-state index in [1.165, 1.54) is 0 Å². The summed E-state index contributed by atoms with van der Waals surface area (Å²) in [6, 6.07) is 7.28. The molecule has 1 aliphatic rings. The highest BCUT2D eigenvalue weighted by Gasteiger charge is 2.30. The fraction of sp³-hybridized carbons (Fsp3) is 0.571. The van der Waals surface area contributed by atoms with Crippen LogP contribution in [0.1, 0.15) is 25.3 Å². The lowest BCUT2D eigenvalue weighted by Crippen LogP contribution is -2.45. The van der Waals surface area contributed by atoms with Crippen LogP contribution in [0.15, 0.2) is 29.2 Å². The Labute approximate surface area is 115 Å². The van der Waals surface area contributed by atoms with Crippen molar-refractivity contribution in [1.82, 2.24) is 9.62 Å². The minimum atomic E-state index is -3.37. The van der Waals surface area contributed by atoms with Crippen LogP contribution < -0.4 is 5.32 Å². The lowest BCUT2D eigenvalue weighted by molar-refractivity contribution is 0.271. The van der Waals surface area contributed by atoms with Crippen LogP contribution in [0.2, 0.25) is 0 Å². The molecule has 0 amide bonds. The SMILES string of the molecule is CCN(C1CCNCC1)S(=O)(=O)c1cccc(C)c1. The zero-order valence-electron chi connectivity index (χ0n) is 11.6. The number of hydrogen-bond donors (Lipinski definition) is 1. The van der Waals surface area contributed by atoms with Crippen molar-refractivity contribution >= 4 is 10.0 Å². The van der Waals surface area contributed by atoms with Crippen LogP contribution in [-0.2, 0) is 10.0 Å². The van der Waals surface area contributed by atoms with Crippen molar-refractivity contribution in [3.8, 4) is 0 Å². The molecule has 1 heterocycles. The van der Waals surface area contributed by atoms with Gasteiger partial charge in [-0.15, -0.1) is 0 Å². The Balaban J connectivity index is 2.30. The Morgan fingerprint density at radius 2 is 2.00 bits per heavy atom. The van der Waals surface area contributed by atoms with Gasteiger partial charge in [-0.1, -0.05) is 19.1 Å². The molecule has 2 rings (SSSR count). The summed E-state index contributed by atoms with van der Waals surface area (Å²) in [7, 11) is -3.37. The van der Waals surface area contributed by atoms with Gasteiger partial charge < -0.3 is 5.32 Å². The summed E-state index contributed by atoms with van der Waals surface area (Å²) < 4.78 is 27.1. The molecule has 0 spiro atoms. The summed E-state index contributed by atoms with van der Waals surface area (Å²) in [5, 5.41) is 3.27. The van der Waals surface area contributed by atoms with Gasteiger partial charge >= 0.3 is 0 Å². The van der Waals surface area contributed by atoms with Gasteiger partial charge in [-0.25, -0.2) is 8.42 Å². The topological polar surface area (TPSA) is 49.4 Å². The number of aryl methyl sites for hydroxylation is 1. The Hall–Kier alpha value is -0.910. The average Bonchev–Trinajstić information content (AvgIpc) is 2.40. The number of piperidine rings is 1. The summed E-state index contributed by atoms with van der Waals surface area (Å²) in [5.41, 5.74) is 0.974. The maximum Gasteiger partial charge on any atom is 0.243 e. The summed E-state index contributed by atoms with van der Waals surface area (Å²) in [5.74, 6) is 0. The Morgan fingerprint density at radius 3 is 2.58 bits per heavy atom. The summed E-state index contributed by atoms with van der Waals surface area (Å²) in [6.45, 7) is 6.14. The number of benzene rings is 1. The van der Waals surface area contributed by atoms with Crippen LogP contribution in [0.25, 0.3) is 0 Å². The molecule has 4 nitrogen and oxygen atoms in total. The molecule has 1 aliphatic heterocycles. The maximum atomic E-state index is 12.7. The van der Waals surface area contributed by atoms with Crippen LogP contribution in [-0.4, -0.2) is 38.4 Å². The molecular formula is C14H22N2O2S. The van der Waals surface area contributed by atoms with E-state index in [0.717, 1.165) is 31.5 Å². The fourth-order valence-corrected chi connectivity index (χ4v) is 4.43. The molecule has 0 radical (unpaired) electrons. The number of sulfonamides is 1. The summed E-state index contributed by atoms with van der Waals surface area (Å²) in [4.78, 5) is 0.410. The third-order valence-corrected chi connectivity index (χ3v) is 5.65. The first-order chi connectivity index (χ1) is 9.05. The van der Waals surface area contributed by atoms with Crippen LogP contribution in [0.3, 0.4) is 0 Å². The highest BCUT2D eigenvalue weighted by molar-refractivity contribution is 7.89. The molecule has 5 heteroatoms. The lowest BCUT2D eigenvalue weighted by Gasteiger charge is -2.33. The van der Waals surface area contributed by atoms with Gasteiger partial charge in [0.25, 0.3) is 0 Å². The van der Waals surface area contributed by atoms with E-state index in [1.54, 1.807) is 22.5 Å². The monoisotopic (exact) mass is 282 g/mol. The largest absolute Gasteiger partial charge is 0.317 e. The summed E-state index contributed by atoms with van der Waals surface area (Å²) in [6.07, 6.45) is 1.78. The predicted molar refractivity (Wildman–Crippen MR) is 76.6 cm³/mol. The van der Waals surface area contributed by atoms with Gasteiger partial charge in [-0.05, 0) is 50.6 Å². The van der Waals surface area contributed by atoms with Crippen molar-refractivity contribution in [3.05, 3.63) is 29.8 Å². The smallest absolute Gasteiger partial charge is 0.243 e. The second-order valence-corrected chi connectivity index (χ2v) is 6.90. The molecule has 106 valence electrons. The van der Waals surface area contributed by atoms with E-state index in [0.29, 0.717) is 11.4 Å². The van der Waals surface area contributed by atoms with Crippen molar-refractivity contribution in [2.75, 3.05) is 19.6 Å². The highest BCUT2D eigenvalue weighted by Crippen LogP contribution is 2.22. The average molecular weight is 282 g/mol. The standard InChI is InChI=1S/C14H22N2O2S/c1-3-16(13-7-9-15-10-8-13)19(17,18)14-6-4-5-12(2)11-14/h4-6,11,13,15H,3,7-10H2,1-2H3. The molecule has 19 heavy (non-hydrogen) atoms. The van der Waals surface area contributed by atoms with E-state index in [4.69, 9.17) is 0 Å². The Morgan fingerprint density at radius 1 is 1.32 bits per heavy atom. The van der Waals surface area contributed by atoms with E-state index in [1.807, 2.05) is 19.9 Å². The molecule has 0 saturated carbocycles. The van der Waals surface area contributed by atoms with Crippen molar-refractivity contribution in [1.29, 1.82) is 0 Å². The Kier molecular flexibility index (Phi) is 4.60. The molecule has 1 aromatic rings. The first-order valence-corrected chi connectivity index (χ1v) is 8.29.